The number of hydrazone groups is 1. The number of fused-ring (bicyclic) bond motifs is 1. The van der Waals surface area contributed by atoms with Crippen LogP contribution in [0.25, 0.3) is 0 Å². The van der Waals surface area contributed by atoms with E-state index in [2.05, 4.69) is 21.4 Å². The predicted octanol–water partition coefficient (Wildman–Crippen LogP) is 4.11. The van der Waals surface area contributed by atoms with E-state index >= 15 is 0 Å². The van der Waals surface area contributed by atoms with Crippen LogP contribution in [0.3, 0.4) is 0 Å². The molecule has 0 spiro atoms. The van der Waals surface area contributed by atoms with Gasteiger partial charge in [0.05, 0.1) is 15.7 Å². The number of amides is 3. The summed E-state index contributed by atoms with van der Waals surface area (Å²) in [5, 5.41) is 15.8. The first-order valence-corrected chi connectivity index (χ1v) is 12.3. The number of carbonyl (C=O) groups excluding carboxylic acids is 3. The lowest BCUT2D eigenvalue weighted by Crippen LogP contribution is -2.43. The molecule has 2 aromatic carbocycles. The van der Waals surface area contributed by atoms with Gasteiger partial charge < -0.3 is 9.15 Å². The van der Waals surface area contributed by atoms with Crippen molar-refractivity contribution < 1.29 is 28.5 Å². The molecule has 1 aromatic heterocycles. The standard InChI is InChI=1S/C25H21Cl2N5O7/c1-13-22-18(28-30-24(34)14-4-2-5-16(10-14)32(36)37)6-3-7-20(22)39-23(13)25(35)31-29-21(33)12-38-19-9-8-15(26)11-17(19)27/h2,4-5,8-11H,3,6-7,12H2,1H3,(H,29,33)(H,30,34)(H,31,35)/b28-18+. The summed E-state index contributed by atoms with van der Waals surface area (Å²) in [6.07, 6.45) is 1.71. The van der Waals surface area contributed by atoms with Crippen LogP contribution in [0, 0.1) is 17.0 Å². The molecule has 0 unspecified atom stereocenters. The average Bonchev–Trinajstić information content (AvgIpc) is 3.26. The number of nitrogens with zero attached hydrogens (tertiary/aromatic N) is 2. The number of ether oxygens (including phenoxy) is 1. The van der Waals surface area contributed by atoms with Gasteiger partial charge >= 0.3 is 5.91 Å². The van der Waals surface area contributed by atoms with Gasteiger partial charge in [-0.15, -0.1) is 0 Å². The molecule has 0 radical (unpaired) electrons. The van der Waals surface area contributed by atoms with Gasteiger partial charge in [0.25, 0.3) is 17.5 Å². The number of hydrogen-bond donors (Lipinski definition) is 3. The van der Waals surface area contributed by atoms with E-state index in [9.17, 15) is 24.5 Å². The molecule has 3 aromatic rings. The largest absolute Gasteiger partial charge is 0.482 e. The first-order valence-electron chi connectivity index (χ1n) is 11.5. The molecular formula is C25H21Cl2N5O7. The minimum atomic E-state index is -0.695. The highest BCUT2D eigenvalue weighted by atomic mass is 35.5. The molecule has 3 N–H and O–H groups in total. The molecule has 0 atom stereocenters. The Balaban J connectivity index is 1.40. The maximum atomic E-state index is 12.7. The Labute approximate surface area is 231 Å². The van der Waals surface area contributed by atoms with Crippen LogP contribution in [0.5, 0.6) is 5.75 Å². The van der Waals surface area contributed by atoms with Crippen molar-refractivity contribution in [2.24, 2.45) is 5.10 Å². The minimum Gasteiger partial charge on any atom is -0.482 e. The zero-order valence-corrected chi connectivity index (χ0v) is 21.9. The van der Waals surface area contributed by atoms with E-state index in [1.807, 2.05) is 0 Å². The van der Waals surface area contributed by atoms with E-state index in [1.54, 1.807) is 13.0 Å². The number of carbonyl (C=O) groups is 3. The predicted molar refractivity (Wildman–Crippen MR) is 141 cm³/mol. The number of hydrazine groups is 1. The number of nitro benzene ring substituents is 1. The summed E-state index contributed by atoms with van der Waals surface area (Å²) in [5.41, 5.74) is 8.34. The van der Waals surface area contributed by atoms with Crippen molar-refractivity contribution >= 4 is 52.3 Å². The molecule has 0 bridgehead atoms. The summed E-state index contributed by atoms with van der Waals surface area (Å²) < 4.78 is 11.1. The molecule has 0 saturated heterocycles. The molecule has 0 fully saturated rings. The molecule has 202 valence electrons. The summed E-state index contributed by atoms with van der Waals surface area (Å²) in [6.45, 7) is 1.24. The van der Waals surface area contributed by atoms with Gasteiger partial charge in [0.1, 0.15) is 11.5 Å². The average molecular weight is 574 g/mol. The molecular weight excluding hydrogens is 553 g/mol. The van der Waals surface area contributed by atoms with E-state index in [0.29, 0.717) is 46.9 Å². The zero-order chi connectivity index (χ0) is 28.1. The number of rotatable bonds is 7. The van der Waals surface area contributed by atoms with Crippen LogP contribution >= 0.6 is 23.2 Å². The Bertz CT molecular complexity index is 1500. The molecule has 3 amide bonds. The quantitative estimate of drug-likeness (QED) is 0.282. The number of non-ortho nitro benzene ring substituents is 1. The summed E-state index contributed by atoms with van der Waals surface area (Å²) in [7, 11) is 0. The van der Waals surface area contributed by atoms with Gasteiger partial charge in [0.2, 0.25) is 0 Å². The number of aryl methyl sites for hydroxylation is 1. The van der Waals surface area contributed by atoms with Crippen LogP contribution in [0.2, 0.25) is 10.0 Å². The third kappa shape index (κ3) is 6.54. The van der Waals surface area contributed by atoms with Crippen LogP contribution in [-0.4, -0.2) is 35.0 Å². The fourth-order valence-corrected chi connectivity index (χ4v) is 4.36. The molecule has 0 saturated carbocycles. The van der Waals surface area contributed by atoms with Gasteiger partial charge in [-0.3, -0.25) is 35.3 Å². The van der Waals surface area contributed by atoms with Crippen molar-refractivity contribution in [2.75, 3.05) is 6.61 Å². The fourth-order valence-electron chi connectivity index (χ4n) is 3.90. The molecule has 1 aliphatic rings. The minimum absolute atomic E-state index is 0.0263. The SMILES string of the molecule is Cc1c(C(=O)NNC(=O)COc2ccc(Cl)cc2Cl)oc2c1/C(=N/NC(=O)c1cccc([N+](=O)[O-])c1)CCC2. The molecule has 1 aliphatic carbocycles. The Morgan fingerprint density at radius 2 is 1.90 bits per heavy atom. The van der Waals surface area contributed by atoms with Gasteiger partial charge in [-0.25, -0.2) is 5.43 Å². The van der Waals surface area contributed by atoms with E-state index < -0.39 is 29.3 Å². The van der Waals surface area contributed by atoms with Crippen LogP contribution in [-0.2, 0) is 11.2 Å². The second-order valence-electron chi connectivity index (χ2n) is 8.38. The summed E-state index contributed by atoms with van der Waals surface area (Å²) in [5.74, 6) is -1.22. The first kappa shape index (κ1) is 27.6. The lowest BCUT2D eigenvalue weighted by molar-refractivity contribution is -0.384. The second kappa shape index (κ2) is 12.0. The van der Waals surface area contributed by atoms with Crippen LogP contribution < -0.4 is 21.0 Å². The van der Waals surface area contributed by atoms with Crippen molar-refractivity contribution in [1.29, 1.82) is 0 Å². The van der Waals surface area contributed by atoms with Crippen LogP contribution in [0.15, 0.2) is 52.0 Å². The van der Waals surface area contributed by atoms with Crippen LogP contribution in [0.4, 0.5) is 5.69 Å². The van der Waals surface area contributed by atoms with E-state index in [-0.39, 0.29) is 27.8 Å². The topological polar surface area (TPSA) is 165 Å². The highest BCUT2D eigenvalue weighted by molar-refractivity contribution is 6.35. The third-order valence-corrected chi connectivity index (χ3v) is 6.24. The van der Waals surface area contributed by atoms with Crippen molar-refractivity contribution in [3.8, 4) is 5.75 Å². The molecule has 12 nitrogen and oxygen atoms in total. The number of nitro groups is 1. The van der Waals surface area contributed by atoms with Crippen molar-refractivity contribution in [3.63, 3.8) is 0 Å². The Morgan fingerprint density at radius 1 is 1.10 bits per heavy atom. The lowest BCUT2D eigenvalue weighted by atomic mass is 9.93. The van der Waals surface area contributed by atoms with E-state index in [0.717, 1.165) is 6.07 Å². The number of furan rings is 1. The summed E-state index contributed by atoms with van der Waals surface area (Å²) >= 11 is 11.8. The van der Waals surface area contributed by atoms with Crippen molar-refractivity contribution in [1.82, 2.24) is 16.3 Å². The third-order valence-electron chi connectivity index (χ3n) is 5.71. The normalized spacial score (nSPS) is 13.4. The first-order chi connectivity index (χ1) is 18.6. The molecule has 39 heavy (non-hydrogen) atoms. The highest BCUT2D eigenvalue weighted by Crippen LogP contribution is 2.30. The summed E-state index contributed by atoms with van der Waals surface area (Å²) in [6, 6.07) is 9.81. The maximum Gasteiger partial charge on any atom is 0.305 e. The highest BCUT2D eigenvalue weighted by Gasteiger charge is 2.28. The smallest absolute Gasteiger partial charge is 0.305 e. The van der Waals surface area contributed by atoms with Crippen molar-refractivity contribution in [3.05, 3.63) is 90.8 Å². The number of benzene rings is 2. The Morgan fingerprint density at radius 3 is 2.64 bits per heavy atom. The number of hydrogen-bond acceptors (Lipinski definition) is 8. The fraction of sp³-hybridized carbons (Fsp3) is 0.200. The zero-order valence-electron chi connectivity index (χ0n) is 20.4. The van der Waals surface area contributed by atoms with Gasteiger partial charge in [-0.2, -0.15) is 5.10 Å². The Hall–Kier alpha value is -4.42. The number of halogens is 2. The molecule has 1 heterocycles. The van der Waals surface area contributed by atoms with E-state index in [4.69, 9.17) is 32.4 Å². The maximum absolute atomic E-state index is 12.7. The monoisotopic (exact) mass is 573 g/mol. The van der Waals surface area contributed by atoms with E-state index in [1.165, 1.54) is 30.3 Å². The van der Waals surface area contributed by atoms with Gasteiger partial charge in [-0.05, 0) is 44.0 Å². The lowest BCUT2D eigenvalue weighted by Gasteiger charge is -2.13. The summed E-state index contributed by atoms with van der Waals surface area (Å²) in [4.78, 5) is 47.8. The molecule has 14 heteroatoms. The number of nitrogens with one attached hydrogen (secondary N) is 3. The van der Waals surface area contributed by atoms with Crippen molar-refractivity contribution in [2.45, 2.75) is 26.2 Å². The van der Waals surface area contributed by atoms with Crippen LogP contribution in [0.1, 0.15) is 50.6 Å². The van der Waals surface area contributed by atoms with Gasteiger partial charge in [0.15, 0.2) is 12.4 Å². The molecule has 0 aliphatic heterocycles. The van der Waals surface area contributed by atoms with Gasteiger partial charge in [0, 0.05) is 40.3 Å². The molecule has 4 rings (SSSR count). The van der Waals surface area contributed by atoms with Gasteiger partial charge in [-0.1, -0.05) is 29.3 Å². The Kier molecular flexibility index (Phi) is 8.47. The second-order valence-corrected chi connectivity index (χ2v) is 9.22.